The van der Waals surface area contributed by atoms with Crippen LogP contribution in [0.2, 0.25) is 0 Å². The molecule has 2 aromatic carbocycles. The highest BCUT2D eigenvalue weighted by molar-refractivity contribution is 7.16. The molecule has 0 saturated carbocycles. The number of carbonyl (C=O) groups is 2. The van der Waals surface area contributed by atoms with Gasteiger partial charge in [-0.15, -0.1) is 11.3 Å². The summed E-state index contributed by atoms with van der Waals surface area (Å²) in [5.41, 5.74) is 4.96. The summed E-state index contributed by atoms with van der Waals surface area (Å²) in [6.07, 6.45) is 0.957. The van der Waals surface area contributed by atoms with E-state index in [2.05, 4.69) is 28.4 Å². The zero-order valence-electron chi connectivity index (χ0n) is 16.7. The van der Waals surface area contributed by atoms with E-state index in [9.17, 15) is 9.59 Å². The van der Waals surface area contributed by atoms with Crippen LogP contribution in [0.3, 0.4) is 0 Å². The van der Waals surface area contributed by atoms with E-state index in [1.807, 2.05) is 50.2 Å². The Balaban J connectivity index is 1.45. The van der Waals surface area contributed by atoms with Crippen LogP contribution in [0.25, 0.3) is 0 Å². The van der Waals surface area contributed by atoms with Gasteiger partial charge in [-0.2, -0.15) is 0 Å². The van der Waals surface area contributed by atoms with Crippen molar-refractivity contribution < 1.29 is 9.59 Å². The summed E-state index contributed by atoms with van der Waals surface area (Å²) in [5, 5.41) is 3.62. The molecular formula is C24H24N2O2S. The molecule has 148 valence electrons. The van der Waals surface area contributed by atoms with Crippen LogP contribution in [0.5, 0.6) is 0 Å². The number of rotatable bonds is 5. The van der Waals surface area contributed by atoms with Crippen molar-refractivity contribution in [3.63, 3.8) is 0 Å². The third-order valence-corrected chi connectivity index (χ3v) is 6.21. The van der Waals surface area contributed by atoms with Crippen molar-refractivity contribution in [3.05, 3.63) is 87.3 Å². The molecule has 1 amide bonds. The molecule has 29 heavy (non-hydrogen) atoms. The number of hydrogen-bond donors (Lipinski definition) is 1. The van der Waals surface area contributed by atoms with E-state index in [1.165, 1.54) is 22.5 Å². The van der Waals surface area contributed by atoms with E-state index in [0.717, 1.165) is 30.0 Å². The number of amides is 1. The molecule has 1 aliphatic rings. The summed E-state index contributed by atoms with van der Waals surface area (Å²) in [7, 11) is 0. The fraction of sp³-hybridized carbons (Fsp3) is 0.250. The number of anilines is 1. The maximum absolute atomic E-state index is 12.9. The number of carbonyl (C=O) groups excluding carboxylic acids is 2. The molecule has 0 unspecified atom stereocenters. The Labute approximate surface area is 175 Å². The summed E-state index contributed by atoms with van der Waals surface area (Å²) in [6, 6.07) is 17.8. The van der Waals surface area contributed by atoms with Gasteiger partial charge in [0.05, 0.1) is 12.1 Å². The maximum atomic E-state index is 12.9. The first kappa shape index (κ1) is 19.6. The fourth-order valence-electron chi connectivity index (χ4n) is 3.69. The standard InChI is InChI=1S/C24H24N2O2S/c1-16-7-9-19(10-8-16)23(28)21-13-17(2)29-24(21)25-22(27)15-26-12-11-18-5-3-4-6-20(18)14-26/h3-10,13H,11-12,14-15H2,1-2H3,(H,25,27). The third kappa shape index (κ3) is 4.47. The lowest BCUT2D eigenvalue weighted by Gasteiger charge is -2.28. The quantitative estimate of drug-likeness (QED) is 0.633. The van der Waals surface area contributed by atoms with Crippen molar-refractivity contribution in [2.45, 2.75) is 26.8 Å². The molecule has 0 spiro atoms. The first-order valence-electron chi connectivity index (χ1n) is 9.80. The average molecular weight is 405 g/mol. The van der Waals surface area contributed by atoms with Gasteiger partial charge < -0.3 is 5.32 Å². The first-order chi connectivity index (χ1) is 14.0. The Morgan fingerprint density at radius 3 is 2.52 bits per heavy atom. The smallest absolute Gasteiger partial charge is 0.239 e. The van der Waals surface area contributed by atoms with E-state index in [4.69, 9.17) is 0 Å². The number of hydrogen-bond acceptors (Lipinski definition) is 4. The number of benzene rings is 2. The fourth-order valence-corrected chi connectivity index (χ4v) is 4.62. The molecular weight excluding hydrogens is 380 g/mol. The highest BCUT2D eigenvalue weighted by Crippen LogP contribution is 2.30. The minimum Gasteiger partial charge on any atom is -0.316 e. The molecule has 1 aromatic heterocycles. The average Bonchev–Trinajstić information content (AvgIpc) is 3.07. The van der Waals surface area contributed by atoms with Gasteiger partial charge in [0.1, 0.15) is 5.00 Å². The highest BCUT2D eigenvalue weighted by atomic mass is 32.1. The molecule has 5 heteroatoms. The zero-order chi connectivity index (χ0) is 20.4. The molecule has 4 nitrogen and oxygen atoms in total. The van der Waals surface area contributed by atoms with Gasteiger partial charge in [0.25, 0.3) is 0 Å². The van der Waals surface area contributed by atoms with Gasteiger partial charge in [-0.05, 0) is 37.5 Å². The number of nitrogens with one attached hydrogen (secondary N) is 1. The van der Waals surface area contributed by atoms with Crippen LogP contribution in [0, 0.1) is 13.8 Å². The minimum absolute atomic E-state index is 0.0588. The molecule has 4 rings (SSSR count). The molecule has 3 aromatic rings. The van der Waals surface area contributed by atoms with Crippen LogP contribution in [0.4, 0.5) is 5.00 Å². The van der Waals surface area contributed by atoms with E-state index < -0.39 is 0 Å². The normalized spacial score (nSPS) is 13.7. The summed E-state index contributed by atoms with van der Waals surface area (Å²) in [4.78, 5) is 28.8. The van der Waals surface area contributed by atoms with Gasteiger partial charge in [0, 0.05) is 23.5 Å². The number of ketones is 1. The molecule has 0 radical (unpaired) electrons. The topological polar surface area (TPSA) is 49.4 Å². The largest absolute Gasteiger partial charge is 0.316 e. The summed E-state index contributed by atoms with van der Waals surface area (Å²) < 4.78 is 0. The number of thiophene rings is 1. The Morgan fingerprint density at radius 2 is 1.76 bits per heavy atom. The van der Waals surface area contributed by atoms with Gasteiger partial charge >= 0.3 is 0 Å². The second-order valence-electron chi connectivity index (χ2n) is 7.57. The van der Waals surface area contributed by atoms with Crippen molar-refractivity contribution in [2.75, 3.05) is 18.4 Å². The zero-order valence-corrected chi connectivity index (χ0v) is 17.5. The van der Waals surface area contributed by atoms with Crippen molar-refractivity contribution in [2.24, 2.45) is 0 Å². The van der Waals surface area contributed by atoms with Gasteiger partial charge in [0.15, 0.2) is 5.78 Å². The summed E-state index contributed by atoms with van der Waals surface area (Å²) in [5.74, 6) is -0.138. The molecule has 1 N–H and O–H groups in total. The van der Waals surface area contributed by atoms with Gasteiger partial charge in [-0.3, -0.25) is 14.5 Å². The van der Waals surface area contributed by atoms with Gasteiger partial charge in [-0.1, -0.05) is 54.1 Å². The number of aryl methyl sites for hydroxylation is 2. The van der Waals surface area contributed by atoms with Crippen LogP contribution in [0.15, 0.2) is 54.6 Å². The Hall–Kier alpha value is -2.76. The molecule has 0 atom stereocenters. The maximum Gasteiger partial charge on any atom is 0.239 e. The van der Waals surface area contributed by atoms with E-state index in [1.54, 1.807) is 0 Å². The Bertz CT molecular complexity index is 1050. The number of fused-ring (bicyclic) bond motifs is 1. The third-order valence-electron chi connectivity index (χ3n) is 5.24. The van der Waals surface area contributed by atoms with Crippen LogP contribution < -0.4 is 5.32 Å². The van der Waals surface area contributed by atoms with Crippen LogP contribution in [-0.4, -0.2) is 29.7 Å². The summed E-state index contributed by atoms with van der Waals surface area (Å²) in [6.45, 7) is 5.91. The minimum atomic E-state index is -0.0795. The highest BCUT2D eigenvalue weighted by Gasteiger charge is 2.21. The van der Waals surface area contributed by atoms with Crippen molar-refractivity contribution in [1.82, 2.24) is 4.90 Å². The Kier molecular flexibility index (Phi) is 5.60. The molecule has 0 saturated heterocycles. The van der Waals surface area contributed by atoms with E-state index in [0.29, 0.717) is 22.7 Å². The summed E-state index contributed by atoms with van der Waals surface area (Å²) >= 11 is 1.45. The lowest BCUT2D eigenvalue weighted by atomic mass is 10.00. The second kappa shape index (κ2) is 8.31. The lowest BCUT2D eigenvalue weighted by Crippen LogP contribution is -2.37. The van der Waals surface area contributed by atoms with E-state index in [-0.39, 0.29) is 11.7 Å². The predicted octanol–water partition coefficient (Wildman–Crippen LogP) is 4.59. The lowest BCUT2D eigenvalue weighted by molar-refractivity contribution is -0.117. The molecule has 1 aliphatic heterocycles. The molecule has 0 fully saturated rings. The van der Waals surface area contributed by atoms with Crippen molar-refractivity contribution in [1.29, 1.82) is 0 Å². The van der Waals surface area contributed by atoms with Crippen LogP contribution >= 0.6 is 11.3 Å². The van der Waals surface area contributed by atoms with Gasteiger partial charge in [-0.25, -0.2) is 0 Å². The van der Waals surface area contributed by atoms with Crippen molar-refractivity contribution >= 4 is 28.0 Å². The number of nitrogens with zero attached hydrogens (tertiary/aromatic N) is 1. The second-order valence-corrected chi connectivity index (χ2v) is 8.83. The SMILES string of the molecule is Cc1ccc(C(=O)c2cc(C)sc2NC(=O)CN2CCc3ccccc3C2)cc1. The molecule has 0 bridgehead atoms. The van der Waals surface area contributed by atoms with Gasteiger partial charge in [0.2, 0.25) is 5.91 Å². The van der Waals surface area contributed by atoms with Crippen LogP contribution in [0.1, 0.15) is 37.5 Å². The molecule has 0 aliphatic carbocycles. The molecule has 2 heterocycles. The first-order valence-corrected chi connectivity index (χ1v) is 10.6. The predicted molar refractivity (Wildman–Crippen MR) is 118 cm³/mol. The Morgan fingerprint density at radius 1 is 1.03 bits per heavy atom. The monoisotopic (exact) mass is 404 g/mol. The van der Waals surface area contributed by atoms with Crippen LogP contribution in [-0.2, 0) is 17.8 Å². The van der Waals surface area contributed by atoms with Crippen molar-refractivity contribution in [3.8, 4) is 0 Å². The van der Waals surface area contributed by atoms with E-state index >= 15 is 0 Å².